The van der Waals surface area contributed by atoms with E-state index in [1.54, 1.807) is 4.90 Å². The molecule has 2 rings (SSSR count). The van der Waals surface area contributed by atoms with Gasteiger partial charge in [-0.3, -0.25) is 4.79 Å². The highest BCUT2D eigenvalue weighted by Crippen LogP contribution is 2.27. The second kappa shape index (κ2) is 7.42. The number of rotatable bonds is 7. The molecule has 128 valence electrons. The predicted octanol–water partition coefficient (Wildman–Crippen LogP) is 0.789. The van der Waals surface area contributed by atoms with Gasteiger partial charge in [0.05, 0.1) is 12.8 Å². The van der Waals surface area contributed by atoms with Gasteiger partial charge in [-0.25, -0.2) is 8.42 Å². The third-order valence-corrected chi connectivity index (χ3v) is 5.23. The van der Waals surface area contributed by atoms with E-state index >= 15 is 0 Å². The molecule has 1 heterocycles. The Kier molecular flexibility index (Phi) is 5.78. The van der Waals surface area contributed by atoms with E-state index in [-0.39, 0.29) is 12.5 Å². The van der Waals surface area contributed by atoms with Crippen LogP contribution in [0.1, 0.15) is 12.0 Å². The lowest BCUT2D eigenvalue weighted by molar-refractivity contribution is -0.118. The van der Waals surface area contributed by atoms with Crippen LogP contribution in [0.2, 0.25) is 0 Å². The Morgan fingerprint density at radius 1 is 1.22 bits per heavy atom. The third kappa shape index (κ3) is 4.76. The van der Waals surface area contributed by atoms with Gasteiger partial charge in [0, 0.05) is 18.8 Å². The summed E-state index contributed by atoms with van der Waals surface area (Å²) in [5, 5.41) is 0. The zero-order valence-electron chi connectivity index (χ0n) is 14.0. The molecule has 0 N–H and O–H groups in total. The number of carbonyl (C=O) groups excluding carboxylic acids is 1. The Morgan fingerprint density at radius 3 is 2.57 bits per heavy atom. The topological polar surface area (TPSA) is 60.9 Å². The molecular weight excluding hydrogens is 314 g/mol. The summed E-state index contributed by atoms with van der Waals surface area (Å²) in [5.74, 6) is -0.162. The van der Waals surface area contributed by atoms with Crippen LogP contribution in [-0.2, 0) is 21.2 Å². The van der Waals surface area contributed by atoms with E-state index in [2.05, 4.69) is 0 Å². The first-order valence-corrected chi connectivity index (χ1v) is 9.62. The molecule has 1 aromatic carbocycles. The molecule has 0 radical (unpaired) electrons. The molecule has 23 heavy (non-hydrogen) atoms. The van der Waals surface area contributed by atoms with Crippen molar-refractivity contribution >= 4 is 21.6 Å². The zero-order chi connectivity index (χ0) is 17.0. The van der Waals surface area contributed by atoms with Gasteiger partial charge in [-0.15, -0.1) is 0 Å². The molecule has 0 aromatic heterocycles. The van der Waals surface area contributed by atoms with Crippen molar-refractivity contribution in [3.05, 3.63) is 29.8 Å². The molecule has 1 aliphatic rings. The quantitative estimate of drug-likeness (QED) is 0.737. The van der Waals surface area contributed by atoms with Gasteiger partial charge in [0.15, 0.2) is 0 Å². The molecule has 0 atom stereocenters. The van der Waals surface area contributed by atoms with Crippen LogP contribution in [0.5, 0.6) is 0 Å². The summed E-state index contributed by atoms with van der Waals surface area (Å²) >= 11 is 0. The number of carbonyl (C=O) groups is 1. The van der Waals surface area contributed by atoms with Crippen molar-refractivity contribution in [3.8, 4) is 0 Å². The molecule has 0 spiro atoms. The molecule has 0 fully saturated rings. The van der Waals surface area contributed by atoms with Crippen molar-refractivity contribution in [1.82, 2.24) is 9.21 Å². The van der Waals surface area contributed by atoms with Crippen LogP contribution < -0.4 is 4.90 Å². The van der Waals surface area contributed by atoms with Crippen molar-refractivity contribution in [2.24, 2.45) is 0 Å². The van der Waals surface area contributed by atoms with E-state index in [1.807, 2.05) is 43.3 Å². The largest absolute Gasteiger partial charge is 0.311 e. The summed E-state index contributed by atoms with van der Waals surface area (Å²) in [6.45, 7) is 1.67. The summed E-state index contributed by atoms with van der Waals surface area (Å²) in [5.41, 5.74) is 2.04. The normalized spacial score (nSPS) is 14.6. The van der Waals surface area contributed by atoms with Gasteiger partial charge in [-0.1, -0.05) is 18.2 Å². The summed E-state index contributed by atoms with van der Waals surface area (Å²) in [6.07, 6.45) is 2.68. The fraction of sp³-hybridized carbons (Fsp3) is 0.562. The molecule has 1 aromatic rings. The van der Waals surface area contributed by atoms with Crippen LogP contribution in [-0.4, -0.2) is 70.1 Å². The first-order valence-electron chi connectivity index (χ1n) is 7.77. The first-order chi connectivity index (χ1) is 10.8. The van der Waals surface area contributed by atoms with Gasteiger partial charge in [0.25, 0.3) is 0 Å². The second-order valence-corrected chi connectivity index (χ2v) is 8.16. The fourth-order valence-corrected chi connectivity index (χ4v) is 3.56. The van der Waals surface area contributed by atoms with Crippen LogP contribution in [0, 0.1) is 0 Å². The zero-order valence-corrected chi connectivity index (χ0v) is 14.8. The maximum absolute atomic E-state index is 12.6. The number of hydrogen-bond acceptors (Lipinski definition) is 4. The minimum absolute atomic E-state index is 0.0966. The number of anilines is 1. The van der Waals surface area contributed by atoms with Crippen LogP contribution in [0.3, 0.4) is 0 Å². The molecule has 0 unspecified atom stereocenters. The second-order valence-electron chi connectivity index (χ2n) is 6.18. The number of benzene rings is 1. The lowest BCUT2D eigenvalue weighted by Gasteiger charge is -2.24. The number of amides is 1. The lowest BCUT2D eigenvalue weighted by atomic mass is 10.2. The Balaban J connectivity index is 2.04. The molecule has 6 nitrogen and oxygen atoms in total. The number of nitrogens with zero attached hydrogens (tertiary/aromatic N) is 3. The van der Waals surface area contributed by atoms with Gasteiger partial charge < -0.3 is 9.80 Å². The highest BCUT2D eigenvalue weighted by atomic mass is 32.2. The molecule has 0 bridgehead atoms. The predicted molar refractivity (Wildman–Crippen MR) is 92.1 cm³/mol. The number of hydrogen-bond donors (Lipinski definition) is 0. The minimum atomic E-state index is -3.40. The van der Waals surface area contributed by atoms with E-state index < -0.39 is 10.0 Å². The van der Waals surface area contributed by atoms with Crippen LogP contribution in [0.4, 0.5) is 5.69 Å². The maximum atomic E-state index is 12.6. The van der Waals surface area contributed by atoms with Gasteiger partial charge in [-0.05, 0) is 45.1 Å². The van der Waals surface area contributed by atoms with E-state index in [1.165, 1.54) is 4.31 Å². The highest BCUT2D eigenvalue weighted by molar-refractivity contribution is 7.88. The van der Waals surface area contributed by atoms with Crippen LogP contribution in [0.25, 0.3) is 0 Å². The summed E-state index contributed by atoms with van der Waals surface area (Å²) in [6, 6.07) is 7.78. The van der Waals surface area contributed by atoms with Crippen LogP contribution >= 0.6 is 0 Å². The Morgan fingerprint density at radius 2 is 1.91 bits per heavy atom. The lowest BCUT2D eigenvalue weighted by Crippen LogP contribution is -2.42. The first kappa shape index (κ1) is 17.9. The van der Waals surface area contributed by atoms with E-state index in [4.69, 9.17) is 0 Å². The minimum Gasteiger partial charge on any atom is -0.311 e. The van der Waals surface area contributed by atoms with Gasteiger partial charge in [-0.2, -0.15) is 4.31 Å². The van der Waals surface area contributed by atoms with Crippen molar-refractivity contribution < 1.29 is 13.2 Å². The molecule has 1 aliphatic heterocycles. The van der Waals surface area contributed by atoms with Crippen molar-refractivity contribution in [3.63, 3.8) is 0 Å². The Bertz CT molecular complexity index is 658. The number of sulfonamides is 1. The standard InChI is InChI=1S/C16H25N3O3S/c1-17(2)10-6-11-18(23(3,21)22)13-16(20)19-12-9-14-7-4-5-8-15(14)19/h4-5,7-8H,6,9-13H2,1-3H3. The van der Waals surface area contributed by atoms with E-state index in [0.717, 1.165) is 30.5 Å². The molecule has 0 saturated heterocycles. The van der Waals surface area contributed by atoms with E-state index in [0.29, 0.717) is 19.5 Å². The number of fused-ring (bicyclic) bond motifs is 1. The summed E-state index contributed by atoms with van der Waals surface area (Å²) < 4.78 is 25.2. The van der Waals surface area contributed by atoms with Crippen molar-refractivity contribution in [2.45, 2.75) is 12.8 Å². The SMILES string of the molecule is CN(C)CCCN(CC(=O)N1CCc2ccccc21)S(C)(=O)=O. The molecule has 0 aliphatic carbocycles. The summed E-state index contributed by atoms with van der Waals surface area (Å²) in [4.78, 5) is 16.3. The third-order valence-electron chi connectivity index (χ3n) is 3.98. The number of para-hydroxylation sites is 1. The van der Waals surface area contributed by atoms with Crippen molar-refractivity contribution in [1.29, 1.82) is 0 Å². The monoisotopic (exact) mass is 339 g/mol. The van der Waals surface area contributed by atoms with E-state index in [9.17, 15) is 13.2 Å². The Hall–Kier alpha value is -1.44. The average molecular weight is 339 g/mol. The fourth-order valence-electron chi connectivity index (χ4n) is 2.76. The smallest absolute Gasteiger partial charge is 0.242 e. The molecule has 7 heteroatoms. The maximum Gasteiger partial charge on any atom is 0.242 e. The highest BCUT2D eigenvalue weighted by Gasteiger charge is 2.28. The Labute approximate surface area is 138 Å². The molecule has 1 amide bonds. The van der Waals surface area contributed by atoms with Gasteiger partial charge in [0.1, 0.15) is 0 Å². The van der Waals surface area contributed by atoms with Crippen molar-refractivity contribution in [2.75, 3.05) is 51.4 Å². The molecular formula is C16H25N3O3S. The average Bonchev–Trinajstić information content (AvgIpc) is 2.88. The molecule has 0 saturated carbocycles. The summed E-state index contributed by atoms with van der Waals surface area (Å²) in [7, 11) is 0.486. The van der Waals surface area contributed by atoms with Crippen LogP contribution in [0.15, 0.2) is 24.3 Å². The van der Waals surface area contributed by atoms with Gasteiger partial charge in [0.2, 0.25) is 15.9 Å². The van der Waals surface area contributed by atoms with Gasteiger partial charge >= 0.3 is 0 Å².